The molecule has 0 bridgehead atoms. The van der Waals surface area contributed by atoms with Gasteiger partial charge in [0.15, 0.2) is 5.78 Å². The summed E-state index contributed by atoms with van der Waals surface area (Å²) < 4.78 is 5.22. The first-order valence-corrected chi connectivity index (χ1v) is 6.27. The molecule has 0 aliphatic heterocycles. The van der Waals surface area contributed by atoms with E-state index in [1.54, 1.807) is 7.11 Å². The molecule has 0 aliphatic carbocycles. The zero-order valence-corrected chi connectivity index (χ0v) is 11.8. The lowest BCUT2D eigenvalue weighted by molar-refractivity contribution is -0.118. The van der Waals surface area contributed by atoms with Crippen LogP contribution < -0.4 is 4.74 Å². The van der Waals surface area contributed by atoms with Crippen LogP contribution in [0.15, 0.2) is 18.2 Å². The van der Waals surface area contributed by atoms with Crippen molar-refractivity contribution in [2.24, 2.45) is 0 Å². The van der Waals surface area contributed by atoms with E-state index in [-0.39, 0.29) is 12.2 Å². The van der Waals surface area contributed by atoms with Crippen LogP contribution in [-0.4, -0.2) is 37.9 Å². The Labute approximate surface area is 114 Å². The Hall–Kier alpha value is -1.86. The zero-order valence-electron chi connectivity index (χ0n) is 11.8. The van der Waals surface area contributed by atoms with Crippen LogP contribution >= 0.6 is 0 Å². The number of carbonyl (C=O) groups is 1. The number of Topliss-reactive ketones (excluding diaryl/α,β-unsaturated/α-hetero) is 1. The second kappa shape index (κ2) is 7.55. The quantitative estimate of drug-likeness (QED) is 0.752. The minimum absolute atomic E-state index is 0.00795. The van der Waals surface area contributed by atoms with Crippen LogP contribution in [0.4, 0.5) is 0 Å². The van der Waals surface area contributed by atoms with Crippen LogP contribution in [0.25, 0.3) is 0 Å². The number of carbonyl (C=O) groups excluding carboxylic acids is 1. The van der Waals surface area contributed by atoms with E-state index in [0.717, 1.165) is 24.3 Å². The molecule has 1 aromatic carbocycles. The minimum atomic E-state index is -0.0316. The Morgan fingerprint density at radius 3 is 2.79 bits per heavy atom. The molecule has 4 heteroatoms. The van der Waals surface area contributed by atoms with Crippen LogP contribution in [0.3, 0.4) is 0 Å². The topological polar surface area (TPSA) is 53.3 Å². The van der Waals surface area contributed by atoms with Gasteiger partial charge in [0.2, 0.25) is 0 Å². The summed E-state index contributed by atoms with van der Waals surface area (Å²) in [4.78, 5) is 13.3. The van der Waals surface area contributed by atoms with Gasteiger partial charge in [0.05, 0.1) is 26.1 Å². The fourth-order valence-electron chi connectivity index (χ4n) is 1.94. The molecule has 0 saturated heterocycles. The van der Waals surface area contributed by atoms with E-state index in [2.05, 4.69) is 6.07 Å². The van der Waals surface area contributed by atoms with Crippen LogP contribution in [0.2, 0.25) is 0 Å². The van der Waals surface area contributed by atoms with Crippen LogP contribution in [-0.2, 0) is 11.2 Å². The smallest absolute Gasteiger partial charge is 0.160 e. The molecule has 0 aliphatic rings. The minimum Gasteiger partial charge on any atom is -0.496 e. The number of methoxy groups -OCH3 is 1. The molecule has 0 heterocycles. The summed E-state index contributed by atoms with van der Waals surface area (Å²) >= 11 is 0. The molecular weight excluding hydrogens is 240 g/mol. The Balaban J connectivity index is 2.46. The molecule has 0 spiro atoms. The van der Waals surface area contributed by atoms with Crippen molar-refractivity contribution in [1.82, 2.24) is 4.90 Å². The summed E-state index contributed by atoms with van der Waals surface area (Å²) in [6.07, 6.45) is 0.868. The van der Waals surface area contributed by atoms with Gasteiger partial charge in [0.25, 0.3) is 0 Å². The fourth-order valence-corrected chi connectivity index (χ4v) is 1.94. The molecule has 0 aromatic heterocycles. The van der Waals surface area contributed by atoms with Crippen molar-refractivity contribution in [3.05, 3.63) is 29.3 Å². The van der Waals surface area contributed by atoms with Crippen LogP contribution in [0.1, 0.15) is 17.5 Å². The number of nitrogens with zero attached hydrogens (tertiary/aromatic N) is 2. The van der Waals surface area contributed by atoms with E-state index in [0.29, 0.717) is 6.54 Å². The van der Waals surface area contributed by atoms with Gasteiger partial charge in [-0.2, -0.15) is 5.26 Å². The highest BCUT2D eigenvalue weighted by Gasteiger charge is 2.07. The number of rotatable bonds is 7. The Morgan fingerprint density at radius 2 is 2.21 bits per heavy atom. The van der Waals surface area contributed by atoms with Crippen molar-refractivity contribution in [1.29, 1.82) is 5.26 Å². The molecule has 0 N–H and O–H groups in total. The Morgan fingerprint density at radius 1 is 1.47 bits per heavy atom. The highest BCUT2D eigenvalue weighted by Crippen LogP contribution is 2.18. The van der Waals surface area contributed by atoms with Crippen molar-refractivity contribution >= 4 is 5.78 Å². The highest BCUT2D eigenvalue weighted by atomic mass is 16.5. The predicted molar refractivity (Wildman–Crippen MR) is 74.2 cm³/mol. The second-order valence-electron chi connectivity index (χ2n) is 4.67. The maximum atomic E-state index is 11.3. The normalized spacial score (nSPS) is 10.3. The maximum Gasteiger partial charge on any atom is 0.160 e. The molecule has 0 fully saturated rings. The van der Waals surface area contributed by atoms with Gasteiger partial charge < -0.3 is 4.74 Å². The largest absolute Gasteiger partial charge is 0.496 e. The van der Waals surface area contributed by atoms with Gasteiger partial charge >= 0.3 is 0 Å². The number of hydrogen-bond acceptors (Lipinski definition) is 4. The summed E-state index contributed by atoms with van der Waals surface area (Å²) in [6.45, 7) is 3.15. The summed E-state index contributed by atoms with van der Waals surface area (Å²) in [5.74, 6) is 0.859. The number of aryl methyl sites for hydroxylation is 1. The molecule has 0 unspecified atom stereocenters. The number of nitriles is 1. The lowest BCUT2D eigenvalue weighted by Gasteiger charge is -2.15. The van der Waals surface area contributed by atoms with Gasteiger partial charge in [-0.25, -0.2) is 0 Å². The first-order chi connectivity index (χ1) is 9.06. The van der Waals surface area contributed by atoms with Gasteiger partial charge in [-0.1, -0.05) is 12.1 Å². The molecule has 0 amide bonds. The molecule has 1 aromatic rings. The third-order valence-corrected chi connectivity index (χ3v) is 2.96. The molecule has 102 valence electrons. The molecule has 0 atom stereocenters. The number of ketones is 1. The summed E-state index contributed by atoms with van der Waals surface area (Å²) in [5, 5.41) is 8.44. The monoisotopic (exact) mass is 260 g/mol. The first-order valence-electron chi connectivity index (χ1n) is 6.27. The molecule has 19 heavy (non-hydrogen) atoms. The third kappa shape index (κ3) is 5.11. The molecule has 1 rings (SSSR count). The third-order valence-electron chi connectivity index (χ3n) is 2.96. The number of benzene rings is 1. The van der Waals surface area contributed by atoms with Crippen molar-refractivity contribution in [2.45, 2.75) is 19.8 Å². The van der Waals surface area contributed by atoms with E-state index in [1.807, 2.05) is 37.1 Å². The number of ether oxygens (including phenoxy) is 1. The molecule has 0 saturated carbocycles. The first kappa shape index (κ1) is 15.2. The number of hydrogen-bond donors (Lipinski definition) is 0. The molecule has 0 radical (unpaired) electrons. The Kier molecular flexibility index (Phi) is 6.04. The van der Waals surface area contributed by atoms with Gasteiger partial charge in [0.1, 0.15) is 5.75 Å². The van der Waals surface area contributed by atoms with Crippen LogP contribution in [0, 0.1) is 18.3 Å². The van der Waals surface area contributed by atoms with Crippen molar-refractivity contribution in [3.63, 3.8) is 0 Å². The van der Waals surface area contributed by atoms with Gasteiger partial charge in [-0.15, -0.1) is 0 Å². The molecular formula is C15H20N2O2. The van der Waals surface area contributed by atoms with Gasteiger partial charge in [0, 0.05) is 6.54 Å². The van der Waals surface area contributed by atoms with Crippen molar-refractivity contribution in [3.8, 4) is 11.8 Å². The van der Waals surface area contributed by atoms with Gasteiger partial charge in [-0.3, -0.25) is 9.69 Å². The fraction of sp³-hybridized carbons (Fsp3) is 0.467. The lowest BCUT2D eigenvalue weighted by atomic mass is 10.1. The number of likely N-dealkylation sites (N-methyl/N-ethyl adjacent to an activating group) is 1. The summed E-state index contributed by atoms with van der Waals surface area (Å²) in [6, 6.07) is 7.98. The second-order valence-corrected chi connectivity index (χ2v) is 4.67. The SMILES string of the molecule is COc1ccc(CCN(C)CC(=O)CC#N)cc1C. The van der Waals surface area contributed by atoms with Crippen molar-refractivity contribution < 1.29 is 9.53 Å². The standard InChI is InChI=1S/C15H20N2O2/c1-12-10-13(4-5-15(12)19-3)7-9-17(2)11-14(18)6-8-16/h4-5,10H,6-7,9,11H2,1-3H3. The van der Waals surface area contributed by atoms with E-state index in [1.165, 1.54) is 5.56 Å². The molecule has 4 nitrogen and oxygen atoms in total. The summed E-state index contributed by atoms with van der Waals surface area (Å²) in [5.41, 5.74) is 2.33. The average molecular weight is 260 g/mol. The van der Waals surface area contributed by atoms with Crippen LogP contribution in [0.5, 0.6) is 5.75 Å². The maximum absolute atomic E-state index is 11.3. The average Bonchev–Trinajstić information content (AvgIpc) is 2.36. The van der Waals surface area contributed by atoms with E-state index >= 15 is 0 Å². The lowest BCUT2D eigenvalue weighted by Crippen LogP contribution is -2.27. The Bertz CT molecular complexity index is 478. The van der Waals surface area contributed by atoms with E-state index < -0.39 is 0 Å². The summed E-state index contributed by atoms with van der Waals surface area (Å²) in [7, 11) is 3.56. The van der Waals surface area contributed by atoms with E-state index in [9.17, 15) is 4.79 Å². The van der Waals surface area contributed by atoms with Gasteiger partial charge in [-0.05, 0) is 37.6 Å². The predicted octanol–water partition coefficient (Wildman–Crippen LogP) is 1.96. The van der Waals surface area contributed by atoms with E-state index in [4.69, 9.17) is 10.00 Å². The highest BCUT2D eigenvalue weighted by molar-refractivity contribution is 5.82. The zero-order chi connectivity index (χ0) is 14.3. The van der Waals surface area contributed by atoms with Crippen molar-refractivity contribution in [2.75, 3.05) is 27.2 Å².